The number of hydrogen-bond acceptors (Lipinski definition) is 3. The second-order valence-corrected chi connectivity index (χ2v) is 5.64. The van der Waals surface area contributed by atoms with Crippen LogP contribution in [0.4, 0.5) is 0 Å². The Morgan fingerprint density at radius 3 is 2.58 bits per heavy atom. The highest BCUT2D eigenvalue weighted by molar-refractivity contribution is 5.34. The quantitative estimate of drug-likeness (QED) is 0.823. The molecule has 0 fully saturated rings. The van der Waals surface area contributed by atoms with Crippen LogP contribution >= 0.6 is 0 Å². The van der Waals surface area contributed by atoms with Crippen LogP contribution in [-0.4, -0.2) is 32.1 Å². The van der Waals surface area contributed by atoms with E-state index in [1.165, 1.54) is 12.8 Å². The molecule has 19 heavy (non-hydrogen) atoms. The van der Waals surface area contributed by atoms with Gasteiger partial charge in [-0.3, -0.25) is 0 Å². The first-order valence-electron chi connectivity index (χ1n) is 7.03. The van der Waals surface area contributed by atoms with Crippen molar-refractivity contribution in [2.24, 2.45) is 5.73 Å². The van der Waals surface area contributed by atoms with E-state index in [4.69, 9.17) is 10.5 Å². The van der Waals surface area contributed by atoms with Gasteiger partial charge >= 0.3 is 0 Å². The third kappa shape index (κ3) is 3.95. The highest BCUT2D eigenvalue weighted by Gasteiger charge is 2.33. The Hall–Kier alpha value is -1.06. The summed E-state index contributed by atoms with van der Waals surface area (Å²) in [5.41, 5.74) is 7.40. The van der Waals surface area contributed by atoms with E-state index in [1.54, 1.807) is 7.11 Å². The van der Waals surface area contributed by atoms with Crippen LogP contribution in [0.2, 0.25) is 0 Å². The van der Waals surface area contributed by atoms with Gasteiger partial charge in [0.1, 0.15) is 5.75 Å². The van der Waals surface area contributed by atoms with Crippen molar-refractivity contribution >= 4 is 0 Å². The molecule has 0 spiro atoms. The molecule has 2 atom stereocenters. The first kappa shape index (κ1) is 16.0. The summed E-state index contributed by atoms with van der Waals surface area (Å²) in [5.74, 6) is 0.863. The van der Waals surface area contributed by atoms with Gasteiger partial charge in [0.05, 0.1) is 12.6 Å². The Kier molecular flexibility index (Phi) is 5.83. The van der Waals surface area contributed by atoms with Crippen molar-refractivity contribution in [2.45, 2.75) is 44.7 Å². The predicted octanol–water partition coefficient (Wildman–Crippen LogP) is 2.99. The molecule has 0 saturated carbocycles. The topological polar surface area (TPSA) is 38.5 Å². The van der Waals surface area contributed by atoms with Gasteiger partial charge in [0.2, 0.25) is 0 Å². The number of benzene rings is 1. The fourth-order valence-corrected chi connectivity index (χ4v) is 2.64. The van der Waals surface area contributed by atoms with Crippen LogP contribution < -0.4 is 10.5 Å². The molecule has 0 bridgehead atoms. The molecule has 0 heterocycles. The van der Waals surface area contributed by atoms with Crippen LogP contribution in [0, 0.1) is 0 Å². The van der Waals surface area contributed by atoms with Crippen LogP contribution in [0.5, 0.6) is 5.75 Å². The molecule has 2 N–H and O–H groups in total. The number of rotatable bonds is 7. The molecule has 1 aromatic carbocycles. The average Bonchev–Trinajstić information content (AvgIpc) is 2.38. The van der Waals surface area contributed by atoms with Crippen LogP contribution in [0.25, 0.3) is 0 Å². The number of nitrogens with zero attached hydrogens (tertiary/aromatic N) is 1. The molecule has 1 rings (SSSR count). The van der Waals surface area contributed by atoms with Gasteiger partial charge in [-0.15, -0.1) is 0 Å². The summed E-state index contributed by atoms with van der Waals surface area (Å²) in [6.07, 6.45) is 3.49. The molecule has 3 heteroatoms. The van der Waals surface area contributed by atoms with Crippen molar-refractivity contribution < 1.29 is 4.74 Å². The Morgan fingerprint density at radius 2 is 2.05 bits per heavy atom. The zero-order chi connectivity index (χ0) is 14.5. The van der Waals surface area contributed by atoms with Gasteiger partial charge in [0, 0.05) is 6.04 Å². The zero-order valence-electron chi connectivity index (χ0n) is 12.9. The number of likely N-dealkylation sites (N-methyl/N-ethyl adjacent to an activating group) is 1. The molecule has 0 aliphatic carbocycles. The molecular weight excluding hydrogens is 236 g/mol. The van der Waals surface area contributed by atoms with Crippen molar-refractivity contribution in [3.63, 3.8) is 0 Å². The second kappa shape index (κ2) is 6.92. The standard InChI is InChI=1S/C16H28N2O/c1-6-7-11-15(18(3)4)16(2,17)13-9-8-10-14(12-13)19-5/h8-10,12,15H,6-7,11,17H2,1-5H3. The highest BCUT2D eigenvalue weighted by Crippen LogP contribution is 2.29. The molecule has 2 unspecified atom stereocenters. The van der Waals surface area contributed by atoms with Crippen molar-refractivity contribution in [1.29, 1.82) is 0 Å². The van der Waals surface area contributed by atoms with E-state index in [-0.39, 0.29) is 5.54 Å². The summed E-state index contributed by atoms with van der Waals surface area (Å²) in [4.78, 5) is 2.23. The van der Waals surface area contributed by atoms with E-state index in [2.05, 4.69) is 38.9 Å². The van der Waals surface area contributed by atoms with Gasteiger partial charge in [0.25, 0.3) is 0 Å². The van der Waals surface area contributed by atoms with Crippen LogP contribution in [0.3, 0.4) is 0 Å². The summed E-state index contributed by atoms with van der Waals surface area (Å²) < 4.78 is 5.30. The van der Waals surface area contributed by atoms with Gasteiger partial charge in [-0.25, -0.2) is 0 Å². The number of nitrogens with two attached hydrogens (primary N) is 1. The first-order chi connectivity index (χ1) is 8.93. The minimum Gasteiger partial charge on any atom is -0.497 e. The van der Waals surface area contributed by atoms with Crippen molar-refractivity contribution in [1.82, 2.24) is 4.90 Å². The lowest BCUT2D eigenvalue weighted by Gasteiger charge is -2.39. The van der Waals surface area contributed by atoms with Crippen LogP contribution in [0.15, 0.2) is 24.3 Å². The largest absolute Gasteiger partial charge is 0.497 e. The van der Waals surface area contributed by atoms with Gasteiger partial charge in [-0.1, -0.05) is 31.9 Å². The van der Waals surface area contributed by atoms with E-state index in [9.17, 15) is 0 Å². The fraction of sp³-hybridized carbons (Fsp3) is 0.625. The maximum atomic E-state index is 6.65. The maximum Gasteiger partial charge on any atom is 0.119 e. The van der Waals surface area contributed by atoms with Crippen molar-refractivity contribution in [3.05, 3.63) is 29.8 Å². The Morgan fingerprint density at radius 1 is 1.37 bits per heavy atom. The second-order valence-electron chi connectivity index (χ2n) is 5.64. The predicted molar refractivity (Wildman–Crippen MR) is 81.5 cm³/mol. The van der Waals surface area contributed by atoms with E-state index >= 15 is 0 Å². The lowest BCUT2D eigenvalue weighted by atomic mass is 9.82. The van der Waals surface area contributed by atoms with Gasteiger partial charge < -0.3 is 15.4 Å². The summed E-state index contributed by atoms with van der Waals surface area (Å²) in [6, 6.07) is 8.41. The summed E-state index contributed by atoms with van der Waals surface area (Å²) in [7, 11) is 5.89. The van der Waals surface area contributed by atoms with Crippen LogP contribution in [-0.2, 0) is 5.54 Å². The number of hydrogen-bond donors (Lipinski definition) is 1. The van der Waals surface area contributed by atoms with Gasteiger partial charge in [0.15, 0.2) is 0 Å². The summed E-state index contributed by atoms with van der Waals surface area (Å²) in [5, 5.41) is 0. The van der Waals surface area contributed by atoms with E-state index < -0.39 is 0 Å². The molecule has 0 amide bonds. The molecule has 3 nitrogen and oxygen atoms in total. The number of methoxy groups -OCH3 is 1. The van der Waals surface area contributed by atoms with Gasteiger partial charge in [-0.05, 0) is 45.1 Å². The normalized spacial score (nSPS) is 16.2. The fourth-order valence-electron chi connectivity index (χ4n) is 2.64. The monoisotopic (exact) mass is 264 g/mol. The Bertz CT molecular complexity index is 388. The molecule has 0 saturated heterocycles. The smallest absolute Gasteiger partial charge is 0.119 e. The average molecular weight is 264 g/mol. The molecule has 0 aliphatic rings. The molecular formula is C16H28N2O. The maximum absolute atomic E-state index is 6.65. The van der Waals surface area contributed by atoms with Crippen LogP contribution in [0.1, 0.15) is 38.7 Å². The lowest BCUT2D eigenvalue weighted by molar-refractivity contribution is 0.174. The Balaban J connectivity index is 3.03. The van der Waals surface area contributed by atoms with E-state index in [0.717, 1.165) is 17.7 Å². The van der Waals surface area contributed by atoms with Crippen molar-refractivity contribution in [2.75, 3.05) is 21.2 Å². The number of ether oxygens (including phenoxy) is 1. The molecule has 1 aromatic rings. The van der Waals surface area contributed by atoms with Crippen molar-refractivity contribution in [3.8, 4) is 5.75 Å². The zero-order valence-corrected chi connectivity index (χ0v) is 12.9. The number of unbranched alkanes of at least 4 members (excludes halogenated alkanes) is 1. The highest BCUT2D eigenvalue weighted by atomic mass is 16.5. The summed E-state index contributed by atoms with van der Waals surface area (Å²) >= 11 is 0. The first-order valence-corrected chi connectivity index (χ1v) is 7.03. The third-order valence-corrected chi connectivity index (χ3v) is 3.84. The molecule has 0 aromatic heterocycles. The lowest BCUT2D eigenvalue weighted by Crippen LogP contribution is -2.52. The minimum atomic E-state index is -0.382. The Labute approximate surface area is 117 Å². The van der Waals surface area contributed by atoms with E-state index in [0.29, 0.717) is 6.04 Å². The van der Waals surface area contributed by atoms with Gasteiger partial charge in [-0.2, -0.15) is 0 Å². The van der Waals surface area contributed by atoms with E-state index in [1.807, 2.05) is 18.2 Å². The third-order valence-electron chi connectivity index (χ3n) is 3.84. The molecule has 0 aliphatic heterocycles. The summed E-state index contributed by atoms with van der Waals surface area (Å²) in [6.45, 7) is 4.33. The SMILES string of the molecule is CCCCC(N(C)C)C(C)(N)c1cccc(OC)c1. The molecule has 0 radical (unpaired) electrons. The minimum absolute atomic E-state index is 0.319. The molecule has 108 valence electrons.